The minimum absolute atomic E-state index is 0.216. The Balaban J connectivity index is 1.76. The zero-order valence-electron chi connectivity index (χ0n) is 15.5. The molecule has 0 bridgehead atoms. The summed E-state index contributed by atoms with van der Waals surface area (Å²) in [5.41, 5.74) is 4.97. The quantitative estimate of drug-likeness (QED) is 0.409. The highest BCUT2D eigenvalue weighted by Gasteiger charge is 2.40. The van der Waals surface area contributed by atoms with Gasteiger partial charge in [0, 0.05) is 18.5 Å². The minimum atomic E-state index is -0.643. The molecule has 144 valence electrons. The van der Waals surface area contributed by atoms with E-state index in [1.165, 1.54) is 9.91 Å². The van der Waals surface area contributed by atoms with Gasteiger partial charge in [-0.25, -0.2) is 0 Å². The molecular formula is C18H24N5O4+. The van der Waals surface area contributed by atoms with E-state index in [1.54, 1.807) is 19.2 Å². The fourth-order valence-electron chi connectivity index (χ4n) is 3.44. The van der Waals surface area contributed by atoms with E-state index in [4.69, 9.17) is 0 Å². The monoisotopic (exact) mass is 374 g/mol. The number of fused-ring (bicyclic) bond motifs is 1. The molecule has 1 aromatic rings. The predicted octanol–water partition coefficient (Wildman–Crippen LogP) is 0.488. The largest absolute Gasteiger partial charge is 0.322 e. The van der Waals surface area contributed by atoms with E-state index in [-0.39, 0.29) is 18.2 Å². The summed E-state index contributed by atoms with van der Waals surface area (Å²) in [6.07, 6.45) is 1.39. The van der Waals surface area contributed by atoms with Crippen LogP contribution in [-0.2, 0) is 22.7 Å². The summed E-state index contributed by atoms with van der Waals surface area (Å²) in [5, 5.41) is 3.79. The average molecular weight is 374 g/mol. The van der Waals surface area contributed by atoms with Crippen LogP contribution in [0.4, 0.5) is 0 Å². The molecule has 1 fully saturated rings. The molecule has 2 heterocycles. The molecule has 0 saturated carbocycles. The van der Waals surface area contributed by atoms with Crippen molar-refractivity contribution in [2.75, 3.05) is 13.6 Å². The van der Waals surface area contributed by atoms with E-state index in [2.05, 4.69) is 10.7 Å². The number of amides is 3. The van der Waals surface area contributed by atoms with Crippen LogP contribution in [-0.4, -0.2) is 52.2 Å². The molecule has 0 aromatic heterocycles. The van der Waals surface area contributed by atoms with Gasteiger partial charge in [0.2, 0.25) is 16.8 Å². The zero-order valence-corrected chi connectivity index (χ0v) is 15.5. The first kappa shape index (κ1) is 18.8. The summed E-state index contributed by atoms with van der Waals surface area (Å²) in [4.78, 5) is 50.5. The van der Waals surface area contributed by atoms with Gasteiger partial charge in [0.25, 0.3) is 5.91 Å². The number of hydrogen-bond donors (Lipinski definition) is 2. The number of hydrogen-bond acceptors (Lipinski definition) is 4. The standard InChI is InChI=1S/C18H23N5O4/c1-3-9-19-23(27)21(2)10-12-5-4-6-13-14(12)11-22(18(13)26)15-7-8-16(24)20-17(15)25/h4-6,15H,3,7-11H2,1-2H3,(H-,19,20,24,25,27)/p+1. The van der Waals surface area contributed by atoms with Crippen LogP contribution < -0.4 is 10.7 Å². The number of hydrazine groups is 2. The Kier molecular flexibility index (Phi) is 5.38. The summed E-state index contributed by atoms with van der Waals surface area (Å²) >= 11 is 0. The third-order valence-electron chi connectivity index (χ3n) is 4.89. The number of nitrogens with zero attached hydrogens (tertiary/aromatic N) is 3. The number of nitroso groups, excluding NO2 is 1. The highest BCUT2D eigenvalue weighted by Crippen LogP contribution is 2.30. The molecular weight excluding hydrogens is 350 g/mol. The average Bonchev–Trinajstić information content (AvgIpc) is 2.97. The van der Waals surface area contributed by atoms with Crippen molar-refractivity contribution in [2.45, 2.75) is 45.3 Å². The molecule has 1 atom stereocenters. The van der Waals surface area contributed by atoms with Gasteiger partial charge in [-0.05, 0) is 30.0 Å². The number of imide groups is 1. The molecule has 3 amide bonds. The second-order valence-corrected chi connectivity index (χ2v) is 6.84. The van der Waals surface area contributed by atoms with E-state index in [0.717, 1.165) is 17.5 Å². The lowest BCUT2D eigenvalue weighted by molar-refractivity contribution is -0.751. The van der Waals surface area contributed by atoms with Gasteiger partial charge in [-0.2, -0.15) is 0 Å². The predicted molar refractivity (Wildman–Crippen MR) is 95.9 cm³/mol. The van der Waals surface area contributed by atoms with Crippen LogP contribution in [0.1, 0.15) is 47.7 Å². The number of rotatable bonds is 7. The van der Waals surface area contributed by atoms with Gasteiger partial charge in [-0.3, -0.25) is 19.7 Å². The fraction of sp³-hybridized carbons (Fsp3) is 0.500. The number of benzene rings is 1. The lowest BCUT2D eigenvalue weighted by atomic mass is 10.0. The zero-order chi connectivity index (χ0) is 19.6. The molecule has 9 heteroatoms. The van der Waals surface area contributed by atoms with Crippen LogP contribution >= 0.6 is 0 Å². The van der Waals surface area contributed by atoms with Crippen molar-refractivity contribution in [3.05, 3.63) is 39.8 Å². The Bertz CT molecular complexity index is 794. The molecule has 2 aliphatic rings. The van der Waals surface area contributed by atoms with Crippen LogP contribution in [0.5, 0.6) is 0 Å². The fourth-order valence-corrected chi connectivity index (χ4v) is 3.44. The Morgan fingerprint density at radius 3 is 2.81 bits per heavy atom. The van der Waals surface area contributed by atoms with Crippen molar-refractivity contribution >= 4 is 17.7 Å². The first-order chi connectivity index (χ1) is 12.9. The van der Waals surface area contributed by atoms with E-state index in [1.807, 2.05) is 13.0 Å². The number of piperidine rings is 1. The lowest BCUT2D eigenvalue weighted by Gasteiger charge is -2.29. The van der Waals surface area contributed by atoms with Gasteiger partial charge in [0.1, 0.15) is 12.6 Å². The number of carbonyl (C=O) groups excluding carboxylic acids is 3. The van der Waals surface area contributed by atoms with Gasteiger partial charge in [-0.1, -0.05) is 19.1 Å². The maximum atomic E-state index is 12.8. The van der Waals surface area contributed by atoms with E-state index in [9.17, 15) is 19.3 Å². The van der Waals surface area contributed by atoms with Gasteiger partial charge in [-0.15, -0.1) is 10.4 Å². The van der Waals surface area contributed by atoms with Crippen molar-refractivity contribution in [3.63, 3.8) is 0 Å². The Morgan fingerprint density at radius 1 is 1.33 bits per heavy atom. The third-order valence-corrected chi connectivity index (χ3v) is 4.89. The van der Waals surface area contributed by atoms with Crippen LogP contribution in [0.25, 0.3) is 0 Å². The molecule has 3 rings (SSSR count). The van der Waals surface area contributed by atoms with Gasteiger partial charge in [0.15, 0.2) is 0 Å². The first-order valence-corrected chi connectivity index (χ1v) is 9.09. The first-order valence-electron chi connectivity index (χ1n) is 9.09. The molecule has 0 aliphatic carbocycles. The van der Waals surface area contributed by atoms with Crippen molar-refractivity contribution in [3.8, 4) is 0 Å². The molecule has 2 N–H and O–H groups in total. The van der Waals surface area contributed by atoms with E-state index in [0.29, 0.717) is 36.6 Å². The molecule has 1 aromatic carbocycles. The van der Waals surface area contributed by atoms with E-state index < -0.39 is 11.9 Å². The van der Waals surface area contributed by atoms with Gasteiger partial charge >= 0.3 is 0 Å². The smallest absolute Gasteiger partial charge is 0.255 e. The minimum Gasteiger partial charge on any atom is -0.322 e. The summed E-state index contributed by atoms with van der Waals surface area (Å²) in [6, 6.07) is 4.75. The molecule has 0 spiro atoms. The maximum Gasteiger partial charge on any atom is 0.255 e. The van der Waals surface area contributed by atoms with Crippen LogP contribution in [0.15, 0.2) is 18.2 Å². The molecule has 1 saturated heterocycles. The Hall–Kier alpha value is -2.97. The summed E-state index contributed by atoms with van der Waals surface area (Å²) in [7, 11) is 1.67. The summed E-state index contributed by atoms with van der Waals surface area (Å²) < 4.78 is 0. The molecule has 1 unspecified atom stereocenters. The van der Waals surface area contributed by atoms with Crippen LogP contribution in [0.2, 0.25) is 0 Å². The van der Waals surface area contributed by atoms with Gasteiger partial charge in [0.05, 0.1) is 18.5 Å². The molecule has 27 heavy (non-hydrogen) atoms. The highest BCUT2D eigenvalue weighted by atomic mass is 16.4. The van der Waals surface area contributed by atoms with Crippen LogP contribution in [0.3, 0.4) is 0 Å². The number of carbonyl (C=O) groups is 3. The van der Waals surface area contributed by atoms with Crippen molar-refractivity contribution in [1.29, 1.82) is 0 Å². The van der Waals surface area contributed by atoms with Crippen molar-refractivity contribution in [1.82, 2.24) is 20.7 Å². The van der Waals surface area contributed by atoms with Crippen molar-refractivity contribution in [2.24, 2.45) is 0 Å². The van der Waals surface area contributed by atoms with Gasteiger partial charge < -0.3 is 4.90 Å². The summed E-state index contributed by atoms with van der Waals surface area (Å²) in [5.74, 6) is -0.953. The molecule has 2 aliphatic heterocycles. The second-order valence-electron chi connectivity index (χ2n) is 6.84. The van der Waals surface area contributed by atoms with E-state index >= 15 is 0 Å². The molecule has 0 radical (unpaired) electrons. The normalized spacial score (nSPS) is 19.0. The molecule has 9 nitrogen and oxygen atoms in total. The maximum absolute atomic E-state index is 12.8. The Labute approximate surface area is 157 Å². The lowest BCUT2D eigenvalue weighted by Crippen LogP contribution is -2.52. The number of nitrogens with one attached hydrogen (secondary N) is 2. The Morgan fingerprint density at radius 2 is 2.11 bits per heavy atom. The SMILES string of the molecule is CCCN[N+](=O)N(C)Cc1cccc2c1CN(C1CCC(=O)NC1=O)C2=O. The highest BCUT2D eigenvalue weighted by molar-refractivity contribution is 6.05. The topological polar surface area (TPSA) is 102 Å². The third kappa shape index (κ3) is 3.76. The summed E-state index contributed by atoms with van der Waals surface area (Å²) in [6.45, 7) is 3.17. The van der Waals surface area contributed by atoms with Crippen molar-refractivity contribution < 1.29 is 19.4 Å². The van der Waals surface area contributed by atoms with Crippen LogP contribution in [0, 0.1) is 4.91 Å². The second kappa shape index (κ2) is 7.73.